The maximum atomic E-state index is 12.7. The molecule has 0 atom stereocenters. The molecule has 116 valence electrons. The predicted molar refractivity (Wildman–Crippen MR) is 84.1 cm³/mol. The fourth-order valence-electron chi connectivity index (χ4n) is 3.04. The number of fused-ring (bicyclic) bond motifs is 1. The Bertz CT molecular complexity index is 620. The number of hydrogen-bond donors (Lipinski definition) is 1. The van der Waals surface area contributed by atoms with Gasteiger partial charge < -0.3 is 5.32 Å². The quantitative estimate of drug-likeness (QED) is 0.916. The third-order valence-corrected chi connectivity index (χ3v) is 6.33. The summed E-state index contributed by atoms with van der Waals surface area (Å²) in [5.74, 6) is 0. The molecule has 1 fully saturated rings. The van der Waals surface area contributed by atoms with Crippen molar-refractivity contribution >= 4 is 15.7 Å². The lowest BCUT2D eigenvalue weighted by atomic mass is 10.2. The number of rotatable bonds is 3. The van der Waals surface area contributed by atoms with Gasteiger partial charge in [-0.05, 0) is 38.0 Å². The van der Waals surface area contributed by atoms with Gasteiger partial charge in [0.25, 0.3) is 0 Å². The van der Waals surface area contributed by atoms with Crippen LogP contribution in [0.25, 0.3) is 0 Å². The summed E-state index contributed by atoms with van der Waals surface area (Å²) in [5.41, 5.74) is 2.18. The van der Waals surface area contributed by atoms with Crippen molar-refractivity contribution in [2.45, 2.75) is 31.2 Å². The highest BCUT2D eigenvalue weighted by Gasteiger charge is 2.29. The highest BCUT2D eigenvalue weighted by Crippen LogP contribution is 2.27. The second-order valence-corrected chi connectivity index (χ2v) is 7.97. The topological polar surface area (TPSA) is 52.7 Å². The van der Waals surface area contributed by atoms with Crippen molar-refractivity contribution in [1.82, 2.24) is 9.21 Å². The molecular formula is C15H23N3O2S. The first kappa shape index (κ1) is 14.8. The molecule has 0 spiro atoms. The standard InChI is InChI=1S/C15H23N3O2S/c1-12(2)17-7-9-18(10-8-17)21(19,20)14-4-3-13-5-6-16-15(13)11-14/h3-4,11-12,16H,5-10H2,1-2H3. The molecule has 21 heavy (non-hydrogen) atoms. The molecule has 0 radical (unpaired) electrons. The van der Waals surface area contributed by atoms with E-state index in [1.54, 1.807) is 16.4 Å². The van der Waals surface area contributed by atoms with Crippen LogP contribution in [0, 0.1) is 0 Å². The number of hydrogen-bond acceptors (Lipinski definition) is 4. The van der Waals surface area contributed by atoms with Gasteiger partial charge in [-0.15, -0.1) is 0 Å². The molecule has 2 aliphatic rings. The molecule has 1 saturated heterocycles. The van der Waals surface area contributed by atoms with Gasteiger partial charge in [-0.1, -0.05) is 6.07 Å². The fraction of sp³-hybridized carbons (Fsp3) is 0.600. The SMILES string of the molecule is CC(C)N1CCN(S(=O)(=O)c2ccc3c(c2)NCC3)CC1. The zero-order chi connectivity index (χ0) is 15.0. The van der Waals surface area contributed by atoms with E-state index in [-0.39, 0.29) is 0 Å². The fourth-order valence-corrected chi connectivity index (χ4v) is 4.49. The second-order valence-electron chi connectivity index (χ2n) is 6.03. The van der Waals surface area contributed by atoms with Crippen LogP contribution in [0.4, 0.5) is 5.69 Å². The molecule has 0 amide bonds. The van der Waals surface area contributed by atoms with Gasteiger partial charge >= 0.3 is 0 Å². The molecule has 6 heteroatoms. The number of benzene rings is 1. The van der Waals surface area contributed by atoms with Gasteiger partial charge in [0.2, 0.25) is 10.0 Å². The molecule has 1 N–H and O–H groups in total. The van der Waals surface area contributed by atoms with E-state index in [0.717, 1.165) is 31.7 Å². The van der Waals surface area contributed by atoms with E-state index < -0.39 is 10.0 Å². The summed E-state index contributed by atoms with van der Waals surface area (Å²) in [6, 6.07) is 5.94. The van der Waals surface area contributed by atoms with Crippen molar-refractivity contribution in [2.24, 2.45) is 0 Å². The lowest BCUT2D eigenvalue weighted by molar-refractivity contribution is 0.154. The van der Waals surface area contributed by atoms with Gasteiger partial charge in [-0.3, -0.25) is 4.90 Å². The minimum absolute atomic E-state index is 0.411. The number of nitrogens with one attached hydrogen (secondary N) is 1. The minimum Gasteiger partial charge on any atom is -0.384 e. The number of piperazine rings is 1. The largest absolute Gasteiger partial charge is 0.384 e. The van der Waals surface area contributed by atoms with Gasteiger partial charge in [-0.2, -0.15) is 4.31 Å². The molecule has 0 saturated carbocycles. The van der Waals surface area contributed by atoms with E-state index in [9.17, 15) is 8.42 Å². The first-order chi connectivity index (χ1) is 9.98. The van der Waals surface area contributed by atoms with E-state index in [4.69, 9.17) is 0 Å². The van der Waals surface area contributed by atoms with Gasteiger partial charge in [-0.25, -0.2) is 8.42 Å². The highest BCUT2D eigenvalue weighted by atomic mass is 32.2. The van der Waals surface area contributed by atoms with Crippen LogP contribution in [0.1, 0.15) is 19.4 Å². The zero-order valence-electron chi connectivity index (χ0n) is 12.7. The van der Waals surface area contributed by atoms with E-state index in [1.165, 1.54) is 5.56 Å². The molecule has 0 bridgehead atoms. The summed E-state index contributed by atoms with van der Waals surface area (Å²) < 4.78 is 27.1. The van der Waals surface area contributed by atoms with Crippen molar-refractivity contribution in [1.29, 1.82) is 0 Å². The average Bonchev–Trinajstić information content (AvgIpc) is 2.94. The normalized spacial score (nSPS) is 20.5. The maximum absolute atomic E-state index is 12.7. The van der Waals surface area contributed by atoms with Crippen molar-refractivity contribution < 1.29 is 8.42 Å². The van der Waals surface area contributed by atoms with Crippen LogP contribution in [-0.4, -0.2) is 56.4 Å². The molecule has 2 heterocycles. The third kappa shape index (κ3) is 2.80. The minimum atomic E-state index is -3.37. The molecule has 1 aromatic carbocycles. The summed E-state index contributed by atoms with van der Waals surface area (Å²) in [7, 11) is -3.37. The Kier molecular flexibility index (Phi) is 3.94. The Morgan fingerprint density at radius 1 is 1.14 bits per heavy atom. The van der Waals surface area contributed by atoms with Crippen LogP contribution >= 0.6 is 0 Å². The lowest BCUT2D eigenvalue weighted by Crippen LogP contribution is -2.50. The molecule has 0 aromatic heterocycles. The maximum Gasteiger partial charge on any atom is 0.243 e. The zero-order valence-corrected chi connectivity index (χ0v) is 13.5. The van der Waals surface area contributed by atoms with Crippen LogP contribution in [0.2, 0.25) is 0 Å². The van der Waals surface area contributed by atoms with Crippen molar-refractivity contribution in [3.63, 3.8) is 0 Å². The summed E-state index contributed by atoms with van der Waals surface area (Å²) in [6.07, 6.45) is 0.975. The molecule has 0 aliphatic carbocycles. The first-order valence-electron chi connectivity index (χ1n) is 7.59. The Morgan fingerprint density at radius 2 is 1.86 bits per heavy atom. The number of sulfonamides is 1. The van der Waals surface area contributed by atoms with Crippen LogP contribution in [0.5, 0.6) is 0 Å². The van der Waals surface area contributed by atoms with E-state index in [2.05, 4.69) is 24.1 Å². The van der Waals surface area contributed by atoms with Crippen LogP contribution in [0.3, 0.4) is 0 Å². The van der Waals surface area contributed by atoms with Crippen LogP contribution in [-0.2, 0) is 16.4 Å². The molecule has 3 rings (SSSR count). The van der Waals surface area contributed by atoms with Crippen LogP contribution in [0.15, 0.2) is 23.1 Å². The number of anilines is 1. The monoisotopic (exact) mass is 309 g/mol. The first-order valence-corrected chi connectivity index (χ1v) is 9.03. The summed E-state index contributed by atoms with van der Waals surface area (Å²) in [6.45, 7) is 7.95. The van der Waals surface area contributed by atoms with Gasteiger partial charge in [0, 0.05) is 44.5 Å². The molecule has 2 aliphatic heterocycles. The van der Waals surface area contributed by atoms with Gasteiger partial charge in [0.15, 0.2) is 0 Å². The predicted octanol–water partition coefficient (Wildman–Crippen LogP) is 1.37. The van der Waals surface area contributed by atoms with Crippen LogP contribution < -0.4 is 5.32 Å². The lowest BCUT2D eigenvalue weighted by Gasteiger charge is -2.36. The Balaban J connectivity index is 1.78. The summed E-state index contributed by atoms with van der Waals surface area (Å²) in [5, 5.41) is 3.25. The van der Waals surface area contributed by atoms with Gasteiger partial charge in [0.05, 0.1) is 4.90 Å². The average molecular weight is 309 g/mol. The van der Waals surface area contributed by atoms with Crippen molar-refractivity contribution in [3.05, 3.63) is 23.8 Å². The highest BCUT2D eigenvalue weighted by molar-refractivity contribution is 7.89. The Morgan fingerprint density at radius 3 is 2.52 bits per heavy atom. The van der Waals surface area contributed by atoms with E-state index in [0.29, 0.717) is 24.0 Å². The molecule has 5 nitrogen and oxygen atoms in total. The van der Waals surface area contributed by atoms with Crippen molar-refractivity contribution in [2.75, 3.05) is 38.0 Å². The van der Waals surface area contributed by atoms with Gasteiger partial charge in [0.1, 0.15) is 0 Å². The molecular weight excluding hydrogens is 286 g/mol. The van der Waals surface area contributed by atoms with E-state index in [1.807, 2.05) is 6.07 Å². The summed E-state index contributed by atoms with van der Waals surface area (Å²) >= 11 is 0. The molecule has 0 unspecified atom stereocenters. The Labute approximate surface area is 127 Å². The third-order valence-electron chi connectivity index (χ3n) is 4.43. The molecule has 1 aromatic rings. The Hall–Kier alpha value is -1.11. The van der Waals surface area contributed by atoms with Crippen molar-refractivity contribution in [3.8, 4) is 0 Å². The summed E-state index contributed by atoms with van der Waals surface area (Å²) in [4.78, 5) is 2.73. The number of nitrogens with zero attached hydrogens (tertiary/aromatic N) is 2. The smallest absolute Gasteiger partial charge is 0.243 e. The second kappa shape index (κ2) is 5.59. The van der Waals surface area contributed by atoms with E-state index >= 15 is 0 Å².